The van der Waals surface area contributed by atoms with Gasteiger partial charge in [0, 0.05) is 35.6 Å². The van der Waals surface area contributed by atoms with E-state index in [9.17, 15) is 0 Å². The van der Waals surface area contributed by atoms with Crippen molar-refractivity contribution in [3.8, 4) is 10.6 Å². The van der Waals surface area contributed by atoms with Gasteiger partial charge in [-0.1, -0.05) is 29.8 Å². The Labute approximate surface area is 154 Å². The number of halogens is 1. The molecule has 1 N–H and O–H groups in total. The first-order valence-electron chi connectivity index (χ1n) is 8.65. The highest BCUT2D eigenvalue weighted by atomic mass is 35.5. The van der Waals surface area contributed by atoms with Gasteiger partial charge in [-0.3, -0.25) is 4.90 Å². The number of nitrogens with zero attached hydrogens (tertiary/aromatic N) is 2. The van der Waals surface area contributed by atoms with Gasteiger partial charge in [-0.2, -0.15) is 0 Å². The maximum absolute atomic E-state index is 4.86. The minimum absolute atomic E-state index is 0. The summed E-state index contributed by atoms with van der Waals surface area (Å²) in [5, 5.41) is 7.09. The SMILES string of the molecule is Cc1ccc(-c2nc(CN(C)C3CC4CCC(C3)N4)cs2)cc1.Cl. The number of nitrogens with one attached hydrogen (secondary N) is 1. The van der Waals surface area contributed by atoms with Crippen molar-refractivity contribution in [3.05, 3.63) is 40.9 Å². The van der Waals surface area contributed by atoms with Gasteiger partial charge in [-0.05, 0) is 39.7 Å². The van der Waals surface area contributed by atoms with Crippen LogP contribution in [0, 0.1) is 6.92 Å². The van der Waals surface area contributed by atoms with E-state index in [4.69, 9.17) is 4.98 Å². The zero-order valence-electron chi connectivity index (χ0n) is 14.4. The third-order valence-electron chi connectivity index (χ3n) is 5.33. The van der Waals surface area contributed by atoms with Crippen molar-refractivity contribution >= 4 is 23.7 Å². The van der Waals surface area contributed by atoms with E-state index in [1.807, 2.05) is 0 Å². The highest BCUT2D eigenvalue weighted by Crippen LogP contribution is 2.30. The molecule has 4 rings (SSSR count). The topological polar surface area (TPSA) is 28.2 Å². The Morgan fingerprint density at radius 2 is 1.83 bits per heavy atom. The minimum atomic E-state index is 0. The molecule has 0 amide bonds. The van der Waals surface area contributed by atoms with Crippen molar-refractivity contribution in [1.82, 2.24) is 15.2 Å². The standard InChI is InChI=1S/C19H25N3S.ClH/c1-13-3-5-14(6-4-13)19-21-17(12-23-19)11-22(2)18-9-15-7-8-16(10-18)20-15;/h3-6,12,15-16,18,20H,7-11H2,1-2H3;1H. The van der Waals surface area contributed by atoms with E-state index in [0.29, 0.717) is 6.04 Å². The fourth-order valence-electron chi connectivity index (χ4n) is 3.98. The van der Waals surface area contributed by atoms with Gasteiger partial charge in [0.15, 0.2) is 0 Å². The molecule has 0 saturated carbocycles. The summed E-state index contributed by atoms with van der Waals surface area (Å²) in [5.41, 5.74) is 3.74. The van der Waals surface area contributed by atoms with Crippen molar-refractivity contribution in [2.24, 2.45) is 0 Å². The average Bonchev–Trinajstić information content (AvgIpc) is 3.14. The van der Waals surface area contributed by atoms with Crippen molar-refractivity contribution < 1.29 is 0 Å². The maximum Gasteiger partial charge on any atom is 0.123 e. The molecule has 0 aliphatic carbocycles. The molecule has 2 atom stereocenters. The molecule has 130 valence electrons. The van der Waals surface area contributed by atoms with Crippen LogP contribution in [0.15, 0.2) is 29.6 Å². The Balaban J connectivity index is 0.00000169. The third kappa shape index (κ3) is 3.83. The Morgan fingerprint density at radius 3 is 2.50 bits per heavy atom. The second-order valence-corrected chi connectivity index (χ2v) is 8.05. The molecule has 3 heterocycles. The first-order chi connectivity index (χ1) is 11.2. The van der Waals surface area contributed by atoms with Crippen LogP contribution in [0.25, 0.3) is 10.6 Å². The number of aromatic nitrogens is 1. The second-order valence-electron chi connectivity index (χ2n) is 7.19. The van der Waals surface area contributed by atoms with Crippen LogP contribution in [0.2, 0.25) is 0 Å². The normalized spacial score (nSPS) is 25.7. The van der Waals surface area contributed by atoms with Crippen molar-refractivity contribution in [1.29, 1.82) is 0 Å². The average molecular weight is 364 g/mol. The number of rotatable bonds is 4. The smallest absolute Gasteiger partial charge is 0.123 e. The number of piperidine rings is 1. The van der Waals surface area contributed by atoms with E-state index >= 15 is 0 Å². The van der Waals surface area contributed by atoms with Gasteiger partial charge in [0.2, 0.25) is 0 Å². The van der Waals surface area contributed by atoms with Crippen molar-refractivity contribution in [2.45, 2.75) is 57.3 Å². The molecular formula is C19H26ClN3S. The molecule has 2 aliphatic heterocycles. The molecule has 2 fully saturated rings. The highest BCUT2D eigenvalue weighted by Gasteiger charge is 2.35. The molecule has 1 aromatic carbocycles. The molecule has 0 radical (unpaired) electrons. The van der Waals surface area contributed by atoms with E-state index < -0.39 is 0 Å². The van der Waals surface area contributed by atoms with E-state index in [2.05, 4.69) is 53.8 Å². The first-order valence-corrected chi connectivity index (χ1v) is 9.53. The summed E-state index contributed by atoms with van der Waals surface area (Å²) in [7, 11) is 2.26. The quantitative estimate of drug-likeness (QED) is 0.879. The summed E-state index contributed by atoms with van der Waals surface area (Å²) in [6, 6.07) is 10.9. The Morgan fingerprint density at radius 1 is 1.17 bits per heavy atom. The fraction of sp³-hybridized carbons (Fsp3) is 0.526. The van der Waals surface area contributed by atoms with Crippen LogP contribution in [0.4, 0.5) is 0 Å². The largest absolute Gasteiger partial charge is 0.311 e. The first kappa shape index (κ1) is 17.9. The Kier molecular flexibility index (Phi) is 5.60. The Hall–Kier alpha value is -0.940. The summed E-state index contributed by atoms with van der Waals surface area (Å²) < 4.78 is 0. The van der Waals surface area contributed by atoms with E-state index in [-0.39, 0.29) is 12.4 Å². The second kappa shape index (κ2) is 7.52. The van der Waals surface area contributed by atoms with Crippen LogP contribution in [0.3, 0.4) is 0 Å². The molecular weight excluding hydrogens is 338 g/mol. The van der Waals surface area contributed by atoms with Crippen LogP contribution in [-0.4, -0.2) is 35.1 Å². The van der Waals surface area contributed by atoms with Gasteiger partial charge >= 0.3 is 0 Å². The maximum atomic E-state index is 4.86. The van der Waals surface area contributed by atoms with E-state index in [1.54, 1.807) is 11.3 Å². The van der Waals surface area contributed by atoms with Crippen LogP contribution >= 0.6 is 23.7 Å². The summed E-state index contributed by atoms with van der Waals surface area (Å²) in [6.07, 6.45) is 5.32. The molecule has 5 heteroatoms. The molecule has 2 bridgehead atoms. The van der Waals surface area contributed by atoms with Gasteiger partial charge in [0.05, 0.1) is 5.69 Å². The highest BCUT2D eigenvalue weighted by molar-refractivity contribution is 7.13. The molecule has 3 nitrogen and oxygen atoms in total. The number of fused-ring (bicyclic) bond motifs is 2. The van der Waals surface area contributed by atoms with Crippen molar-refractivity contribution in [2.75, 3.05) is 7.05 Å². The molecule has 1 aromatic heterocycles. The molecule has 24 heavy (non-hydrogen) atoms. The summed E-state index contributed by atoms with van der Waals surface area (Å²) >= 11 is 1.76. The van der Waals surface area contributed by atoms with Gasteiger partial charge in [-0.15, -0.1) is 23.7 Å². The zero-order chi connectivity index (χ0) is 15.8. The lowest BCUT2D eigenvalue weighted by molar-refractivity contribution is 0.164. The summed E-state index contributed by atoms with van der Waals surface area (Å²) in [5.74, 6) is 0. The van der Waals surface area contributed by atoms with Gasteiger partial charge in [-0.25, -0.2) is 4.98 Å². The lowest BCUT2D eigenvalue weighted by atomic mass is 9.98. The molecule has 2 aromatic rings. The Bertz CT molecular complexity index is 658. The molecule has 2 unspecified atom stereocenters. The van der Waals surface area contributed by atoms with Crippen LogP contribution < -0.4 is 5.32 Å². The predicted molar refractivity (Wildman–Crippen MR) is 104 cm³/mol. The van der Waals surface area contributed by atoms with E-state index in [0.717, 1.165) is 23.6 Å². The number of benzene rings is 1. The molecule has 0 spiro atoms. The number of thiazole rings is 1. The van der Waals surface area contributed by atoms with Crippen LogP contribution in [-0.2, 0) is 6.54 Å². The lowest BCUT2D eigenvalue weighted by Gasteiger charge is -2.35. The van der Waals surface area contributed by atoms with Gasteiger partial charge in [0.1, 0.15) is 5.01 Å². The number of hydrogen-bond acceptors (Lipinski definition) is 4. The number of aryl methyl sites for hydroxylation is 1. The summed E-state index contributed by atoms with van der Waals surface area (Å²) in [4.78, 5) is 7.37. The van der Waals surface area contributed by atoms with Gasteiger partial charge < -0.3 is 5.32 Å². The van der Waals surface area contributed by atoms with Crippen LogP contribution in [0.5, 0.6) is 0 Å². The molecule has 2 saturated heterocycles. The minimum Gasteiger partial charge on any atom is -0.311 e. The fourth-order valence-corrected chi connectivity index (χ4v) is 4.80. The molecule has 2 aliphatic rings. The monoisotopic (exact) mass is 363 g/mol. The predicted octanol–water partition coefficient (Wildman–Crippen LogP) is 4.26. The zero-order valence-corrected chi connectivity index (χ0v) is 16.0. The third-order valence-corrected chi connectivity index (χ3v) is 6.27. The number of hydrogen-bond donors (Lipinski definition) is 1. The van der Waals surface area contributed by atoms with Gasteiger partial charge in [0.25, 0.3) is 0 Å². The van der Waals surface area contributed by atoms with Crippen LogP contribution in [0.1, 0.15) is 36.9 Å². The lowest BCUT2D eigenvalue weighted by Crippen LogP contribution is -2.46. The van der Waals surface area contributed by atoms with E-state index in [1.165, 1.54) is 42.5 Å². The van der Waals surface area contributed by atoms with Crippen molar-refractivity contribution in [3.63, 3.8) is 0 Å². The summed E-state index contributed by atoms with van der Waals surface area (Å²) in [6.45, 7) is 3.09.